The average Bonchev–Trinajstić information content (AvgIpc) is 3.20. The molecule has 1 aromatic heterocycles. The number of hydrogen-bond acceptors (Lipinski definition) is 6. The molecule has 29 heavy (non-hydrogen) atoms. The summed E-state index contributed by atoms with van der Waals surface area (Å²) in [6.45, 7) is 5.13. The lowest BCUT2D eigenvalue weighted by Gasteiger charge is -2.27. The van der Waals surface area contributed by atoms with Gasteiger partial charge in [0.15, 0.2) is 0 Å². The third-order valence-corrected chi connectivity index (χ3v) is 6.15. The number of carbonyl (C=O) groups is 2. The molecule has 3 aliphatic rings. The van der Waals surface area contributed by atoms with Crippen molar-refractivity contribution in [2.45, 2.75) is 50.7 Å². The van der Waals surface area contributed by atoms with Gasteiger partial charge in [0.25, 0.3) is 0 Å². The van der Waals surface area contributed by atoms with E-state index < -0.39 is 12.0 Å². The molecule has 2 saturated heterocycles. The van der Waals surface area contributed by atoms with E-state index in [4.69, 9.17) is 16.3 Å². The Morgan fingerprint density at radius 3 is 2.79 bits per heavy atom. The minimum absolute atomic E-state index is 0.179. The third kappa shape index (κ3) is 3.64. The van der Waals surface area contributed by atoms with E-state index in [-0.39, 0.29) is 30.6 Å². The molecule has 10 heteroatoms. The van der Waals surface area contributed by atoms with Crippen LogP contribution in [-0.4, -0.2) is 74.8 Å². The van der Waals surface area contributed by atoms with E-state index in [1.165, 1.54) is 11.8 Å². The SMILES string of the molecule is CC1C(c2nc(NC3CCOCC3)ncc2Cl)C=C2CN([C@H](C)C(=O)O)C(=O)N21. The fourth-order valence-corrected chi connectivity index (χ4v) is 4.32. The number of hydrogen-bond donors (Lipinski definition) is 2. The van der Waals surface area contributed by atoms with Crippen molar-refractivity contribution in [2.24, 2.45) is 0 Å². The number of rotatable bonds is 5. The first-order chi connectivity index (χ1) is 13.9. The van der Waals surface area contributed by atoms with Crippen LogP contribution in [0, 0.1) is 0 Å². The maximum Gasteiger partial charge on any atom is 0.326 e. The van der Waals surface area contributed by atoms with Gasteiger partial charge >= 0.3 is 12.0 Å². The van der Waals surface area contributed by atoms with Crippen molar-refractivity contribution in [3.63, 3.8) is 0 Å². The predicted molar refractivity (Wildman–Crippen MR) is 106 cm³/mol. The van der Waals surface area contributed by atoms with Crippen molar-refractivity contribution < 1.29 is 19.4 Å². The molecule has 2 fully saturated rings. The Morgan fingerprint density at radius 2 is 2.14 bits per heavy atom. The van der Waals surface area contributed by atoms with E-state index in [2.05, 4.69) is 15.3 Å². The molecule has 0 aliphatic carbocycles. The van der Waals surface area contributed by atoms with Gasteiger partial charge < -0.3 is 20.1 Å². The summed E-state index contributed by atoms with van der Waals surface area (Å²) in [6.07, 6.45) is 5.33. The summed E-state index contributed by atoms with van der Waals surface area (Å²) in [5.74, 6) is -0.685. The molecule has 4 rings (SSSR count). The molecular weight excluding hydrogens is 398 g/mol. The molecule has 2 amide bonds. The van der Waals surface area contributed by atoms with Gasteiger partial charge in [0.1, 0.15) is 6.04 Å². The summed E-state index contributed by atoms with van der Waals surface area (Å²) in [5, 5.41) is 13.0. The number of ether oxygens (including phenoxy) is 1. The van der Waals surface area contributed by atoms with Crippen molar-refractivity contribution in [3.8, 4) is 0 Å². The number of carboxylic acid groups (broad SMARTS) is 1. The van der Waals surface area contributed by atoms with Crippen LogP contribution < -0.4 is 5.32 Å². The second-order valence-corrected chi connectivity index (χ2v) is 8.08. The normalized spacial score (nSPS) is 25.8. The Hall–Kier alpha value is -2.39. The number of carboxylic acids is 1. The number of carbonyl (C=O) groups excluding carboxylic acids is 1. The van der Waals surface area contributed by atoms with Crippen molar-refractivity contribution in [1.82, 2.24) is 19.8 Å². The van der Waals surface area contributed by atoms with Gasteiger partial charge in [-0.2, -0.15) is 0 Å². The first-order valence-corrected chi connectivity index (χ1v) is 10.1. The summed E-state index contributed by atoms with van der Waals surface area (Å²) >= 11 is 6.40. The number of fused-ring (bicyclic) bond motifs is 1. The molecule has 0 spiro atoms. The van der Waals surface area contributed by atoms with Crippen molar-refractivity contribution in [1.29, 1.82) is 0 Å². The van der Waals surface area contributed by atoms with Crippen LogP contribution in [0.4, 0.5) is 10.7 Å². The lowest BCUT2D eigenvalue weighted by Crippen LogP contribution is -2.44. The standard InChI is InChI=1S/C19H24ClN5O4/c1-10-14(7-13-9-24(11(2)17(26)27)19(28)25(10)13)16-15(20)8-21-18(23-16)22-12-3-5-29-6-4-12/h7-8,10-12,14H,3-6,9H2,1-2H3,(H,26,27)(H,21,22,23)/t10?,11-,14?/m1/s1. The fraction of sp³-hybridized carbons (Fsp3) is 0.579. The fourth-order valence-electron chi connectivity index (χ4n) is 4.11. The Kier molecular flexibility index (Phi) is 5.35. The molecule has 0 aromatic carbocycles. The molecule has 4 heterocycles. The molecule has 0 bridgehead atoms. The number of nitrogens with one attached hydrogen (secondary N) is 1. The van der Waals surface area contributed by atoms with Crippen LogP contribution in [0.2, 0.25) is 5.02 Å². The van der Waals surface area contributed by atoms with Crippen LogP contribution in [0.3, 0.4) is 0 Å². The second-order valence-electron chi connectivity index (χ2n) is 7.68. The number of nitrogens with zero attached hydrogens (tertiary/aromatic N) is 4. The van der Waals surface area contributed by atoms with Gasteiger partial charge in [-0.05, 0) is 26.7 Å². The molecule has 1 aromatic rings. The van der Waals surface area contributed by atoms with E-state index in [1.54, 1.807) is 11.1 Å². The zero-order valence-electron chi connectivity index (χ0n) is 16.3. The van der Waals surface area contributed by atoms with Crippen LogP contribution in [0.25, 0.3) is 0 Å². The molecule has 0 radical (unpaired) electrons. The molecular formula is C19H24ClN5O4. The highest BCUT2D eigenvalue weighted by Crippen LogP contribution is 2.41. The molecule has 2 N–H and O–H groups in total. The summed E-state index contributed by atoms with van der Waals surface area (Å²) in [5.41, 5.74) is 1.45. The highest BCUT2D eigenvalue weighted by Gasteiger charge is 2.46. The average molecular weight is 422 g/mol. The minimum Gasteiger partial charge on any atom is -0.480 e. The summed E-state index contributed by atoms with van der Waals surface area (Å²) < 4.78 is 5.38. The zero-order valence-corrected chi connectivity index (χ0v) is 17.1. The van der Waals surface area contributed by atoms with Gasteiger partial charge in [-0.25, -0.2) is 19.6 Å². The lowest BCUT2D eigenvalue weighted by molar-refractivity contribution is -0.141. The maximum absolute atomic E-state index is 12.8. The highest BCUT2D eigenvalue weighted by atomic mass is 35.5. The molecule has 0 saturated carbocycles. The molecule has 2 unspecified atom stereocenters. The van der Waals surface area contributed by atoms with Gasteiger partial charge in [0.05, 0.1) is 23.5 Å². The Balaban J connectivity index is 1.56. The van der Waals surface area contributed by atoms with Crippen molar-refractivity contribution in [2.75, 3.05) is 25.1 Å². The smallest absolute Gasteiger partial charge is 0.326 e. The molecule has 3 aliphatic heterocycles. The first-order valence-electron chi connectivity index (χ1n) is 9.77. The number of urea groups is 1. The quantitative estimate of drug-likeness (QED) is 0.750. The Morgan fingerprint density at radius 1 is 1.41 bits per heavy atom. The lowest BCUT2D eigenvalue weighted by atomic mass is 9.98. The van der Waals surface area contributed by atoms with Crippen LogP contribution >= 0.6 is 11.6 Å². The van der Waals surface area contributed by atoms with Gasteiger partial charge in [0, 0.05) is 36.9 Å². The molecule has 156 valence electrons. The van der Waals surface area contributed by atoms with Crippen molar-refractivity contribution >= 4 is 29.5 Å². The zero-order chi connectivity index (χ0) is 20.7. The maximum atomic E-state index is 12.8. The van der Waals surface area contributed by atoms with Crippen LogP contribution in [0.1, 0.15) is 38.3 Å². The van der Waals surface area contributed by atoms with Crippen LogP contribution in [0.15, 0.2) is 18.0 Å². The summed E-state index contributed by atoms with van der Waals surface area (Å²) in [4.78, 5) is 36.0. The topological polar surface area (TPSA) is 108 Å². The van der Waals surface area contributed by atoms with Gasteiger partial charge in [0.2, 0.25) is 5.95 Å². The monoisotopic (exact) mass is 421 g/mol. The third-order valence-electron chi connectivity index (χ3n) is 5.86. The van der Waals surface area contributed by atoms with Crippen LogP contribution in [0.5, 0.6) is 0 Å². The van der Waals surface area contributed by atoms with Gasteiger partial charge in [-0.15, -0.1) is 0 Å². The van der Waals surface area contributed by atoms with Gasteiger partial charge in [-0.3, -0.25) is 4.90 Å². The van der Waals surface area contributed by atoms with E-state index in [9.17, 15) is 14.7 Å². The highest BCUT2D eigenvalue weighted by molar-refractivity contribution is 6.31. The number of amides is 2. The van der Waals surface area contributed by atoms with Crippen LogP contribution in [-0.2, 0) is 9.53 Å². The number of halogens is 1. The second kappa shape index (κ2) is 7.79. The van der Waals surface area contributed by atoms with Crippen molar-refractivity contribution in [3.05, 3.63) is 28.7 Å². The summed E-state index contributed by atoms with van der Waals surface area (Å²) in [6, 6.07) is -1.14. The first kappa shape index (κ1) is 19.9. The minimum atomic E-state index is -1.02. The van der Waals surface area contributed by atoms with Gasteiger partial charge in [-0.1, -0.05) is 17.7 Å². The van der Waals surface area contributed by atoms with E-state index in [0.717, 1.165) is 18.5 Å². The number of aliphatic carboxylic acids is 1. The van der Waals surface area contributed by atoms with E-state index >= 15 is 0 Å². The summed E-state index contributed by atoms with van der Waals surface area (Å²) in [7, 11) is 0. The number of aromatic nitrogens is 2. The largest absolute Gasteiger partial charge is 0.480 e. The molecule has 3 atom stereocenters. The van der Waals surface area contributed by atoms with E-state index in [1.807, 2.05) is 13.0 Å². The van der Waals surface area contributed by atoms with E-state index in [0.29, 0.717) is 29.9 Å². The predicted octanol–water partition coefficient (Wildman–Crippen LogP) is 2.30. The Labute approximate surface area is 173 Å². The Bertz CT molecular complexity index is 857. The molecule has 9 nitrogen and oxygen atoms in total. The number of anilines is 1.